The molecule has 0 saturated heterocycles. The molecule has 2 aromatic carbocycles. The molecule has 23 heavy (non-hydrogen) atoms. The molecular formula is C17H19BrClN2O2+. The molecule has 0 fully saturated rings. The number of hydrogen-bond acceptors (Lipinski definition) is 2. The number of nitrogens with two attached hydrogens (primary N) is 1. The van der Waals surface area contributed by atoms with E-state index in [0.29, 0.717) is 17.3 Å². The molecule has 0 bridgehead atoms. The van der Waals surface area contributed by atoms with E-state index < -0.39 is 0 Å². The molecule has 3 N–H and O–H groups in total. The average molecular weight is 399 g/mol. The molecule has 2 rings (SSSR count). The topological polar surface area (TPSA) is 54.9 Å². The molecule has 1 atom stereocenters. The number of carbonyl (C=O) groups is 1. The van der Waals surface area contributed by atoms with E-state index in [1.165, 1.54) is 0 Å². The fourth-order valence-corrected chi connectivity index (χ4v) is 2.91. The molecule has 1 amide bonds. The number of quaternary nitrogens is 1. The maximum absolute atomic E-state index is 12.0. The molecule has 6 heteroatoms. The Morgan fingerprint density at radius 1 is 1.35 bits per heavy atom. The molecule has 0 aliphatic rings. The lowest BCUT2D eigenvalue weighted by Crippen LogP contribution is -2.86. The van der Waals surface area contributed by atoms with Gasteiger partial charge in [0.25, 0.3) is 5.91 Å². The third-order valence-electron chi connectivity index (χ3n) is 3.47. The van der Waals surface area contributed by atoms with Crippen LogP contribution in [0.25, 0.3) is 0 Å². The predicted molar refractivity (Wildman–Crippen MR) is 96.0 cm³/mol. The van der Waals surface area contributed by atoms with Crippen molar-refractivity contribution >= 4 is 39.1 Å². The molecule has 0 heterocycles. The van der Waals surface area contributed by atoms with Crippen LogP contribution in [0, 0.1) is 0 Å². The molecule has 122 valence electrons. The molecule has 0 aliphatic carbocycles. The molecule has 0 saturated carbocycles. The Morgan fingerprint density at radius 3 is 2.78 bits per heavy atom. The Hall–Kier alpha value is -1.56. The van der Waals surface area contributed by atoms with E-state index in [0.717, 1.165) is 15.8 Å². The maximum atomic E-state index is 12.0. The smallest absolute Gasteiger partial charge is 0.279 e. The lowest BCUT2D eigenvalue weighted by molar-refractivity contribution is -0.682. The Bertz CT molecular complexity index is 694. The fraction of sp³-hybridized carbons (Fsp3) is 0.235. The molecular weight excluding hydrogens is 380 g/mol. The van der Waals surface area contributed by atoms with Gasteiger partial charge in [-0.05, 0) is 59.3 Å². The van der Waals surface area contributed by atoms with Gasteiger partial charge in [0, 0.05) is 16.3 Å². The number of halogens is 2. The van der Waals surface area contributed by atoms with Crippen LogP contribution in [0.3, 0.4) is 0 Å². The van der Waals surface area contributed by atoms with Crippen LogP contribution in [0.2, 0.25) is 5.02 Å². The van der Waals surface area contributed by atoms with Crippen LogP contribution in [-0.2, 0) is 4.79 Å². The summed E-state index contributed by atoms with van der Waals surface area (Å²) in [7, 11) is 1.63. The first-order valence-electron chi connectivity index (χ1n) is 7.22. The second-order valence-corrected chi connectivity index (χ2v) is 6.47. The minimum absolute atomic E-state index is 0.0632. The van der Waals surface area contributed by atoms with Crippen molar-refractivity contribution < 1.29 is 14.8 Å². The van der Waals surface area contributed by atoms with Crippen molar-refractivity contribution in [2.75, 3.05) is 19.0 Å². The van der Waals surface area contributed by atoms with Crippen LogP contribution in [0.15, 0.2) is 46.9 Å². The van der Waals surface area contributed by atoms with E-state index in [1.807, 2.05) is 29.6 Å². The predicted octanol–water partition coefficient (Wildman–Crippen LogP) is 3.37. The van der Waals surface area contributed by atoms with Gasteiger partial charge in [-0.2, -0.15) is 0 Å². The summed E-state index contributed by atoms with van der Waals surface area (Å²) in [5.41, 5.74) is 1.82. The number of anilines is 1. The van der Waals surface area contributed by atoms with E-state index in [4.69, 9.17) is 16.3 Å². The molecule has 4 nitrogen and oxygen atoms in total. The number of methoxy groups -OCH3 is 1. The van der Waals surface area contributed by atoms with Gasteiger partial charge in [-0.15, -0.1) is 0 Å². The van der Waals surface area contributed by atoms with Gasteiger partial charge >= 0.3 is 0 Å². The van der Waals surface area contributed by atoms with Gasteiger partial charge in [-0.3, -0.25) is 4.79 Å². The molecule has 0 aromatic heterocycles. The van der Waals surface area contributed by atoms with Gasteiger partial charge in [-0.25, -0.2) is 0 Å². The third-order valence-corrected chi connectivity index (χ3v) is 4.32. The highest BCUT2D eigenvalue weighted by Crippen LogP contribution is 2.27. The minimum Gasteiger partial charge on any atom is -0.496 e. The van der Waals surface area contributed by atoms with E-state index in [9.17, 15) is 4.79 Å². The first kappa shape index (κ1) is 17.8. The number of rotatable bonds is 6. The summed E-state index contributed by atoms with van der Waals surface area (Å²) in [5, 5.41) is 5.42. The molecule has 0 spiro atoms. The number of ether oxygens (including phenoxy) is 1. The Kier molecular flexibility index (Phi) is 6.45. The normalized spacial score (nSPS) is 11.8. The van der Waals surface area contributed by atoms with E-state index >= 15 is 0 Å². The van der Waals surface area contributed by atoms with Crippen molar-refractivity contribution in [1.82, 2.24) is 0 Å². The SMILES string of the molecule is COc1ccc([C@H](C)[NH2+]CC(=O)Nc2cccc(Cl)c2)cc1Br. The number of carbonyl (C=O) groups excluding carboxylic acids is 1. The summed E-state index contributed by atoms with van der Waals surface area (Å²) >= 11 is 9.38. The summed E-state index contributed by atoms with van der Waals surface area (Å²) < 4.78 is 6.13. The zero-order valence-electron chi connectivity index (χ0n) is 13.0. The minimum atomic E-state index is -0.0632. The summed E-state index contributed by atoms with van der Waals surface area (Å²) in [4.78, 5) is 12.0. The maximum Gasteiger partial charge on any atom is 0.279 e. The van der Waals surface area contributed by atoms with Gasteiger partial charge in [0.1, 0.15) is 11.8 Å². The summed E-state index contributed by atoms with van der Waals surface area (Å²) in [5.74, 6) is 0.728. The molecule has 0 unspecified atom stereocenters. The molecule has 2 aromatic rings. The van der Waals surface area contributed by atoms with Crippen LogP contribution >= 0.6 is 27.5 Å². The van der Waals surface area contributed by atoms with Gasteiger partial charge in [0.05, 0.1) is 11.6 Å². The highest BCUT2D eigenvalue weighted by Gasteiger charge is 2.13. The van der Waals surface area contributed by atoms with Gasteiger partial charge in [0.15, 0.2) is 6.54 Å². The monoisotopic (exact) mass is 397 g/mol. The van der Waals surface area contributed by atoms with Crippen molar-refractivity contribution in [2.24, 2.45) is 0 Å². The van der Waals surface area contributed by atoms with Crippen LogP contribution in [0.4, 0.5) is 5.69 Å². The van der Waals surface area contributed by atoms with Crippen LogP contribution in [0.1, 0.15) is 18.5 Å². The highest BCUT2D eigenvalue weighted by molar-refractivity contribution is 9.10. The third kappa shape index (κ3) is 5.23. The second-order valence-electron chi connectivity index (χ2n) is 5.18. The number of amides is 1. The van der Waals surface area contributed by atoms with E-state index in [1.54, 1.807) is 25.3 Å². The fourth-order valence-electron chi connectivity index (χ4n) is 2.16. The van der Waals surface area contributed by atoms with E-state index in [-0.39, 0.29) is 11.9 Å². The molecule has 0 radical (unpaired) electrons. The lowest BCUT2D eigenvalue weighted by atomic mass is 10.1. The van der Waals surface area contributed by atoms with Crippen molar-refractivity contribution in [3.05, 3.63) is 57.5 Å². The van der Waals surface area contributed by atoms with Crippen molar-refractivity contribution in [1.29, 1.82) is 0 Å². The van der Waals surface area contributed by atoms with Crippen LogP contribution < -0.4 is 15.4 Å². The average Bonchev–Trinajstić information content (AvgIpc) is 2.52. The van der Waals surface area contributed by atoms with E-state index in [2.05, 4.69) is 28.2 Å². The number of nitrogens with one attached hydrogen (secondary N) is 1. The summed E-state index contributed by atoms with van der Waals surface area (Å²) in [6.45, 7) is 2.39. The zero-order chi connectivity index (χ0) is 16.8. The lowest BCUT2D eigenvalue weighted by Gasteiger charge is -2.13. The van der Waals surface area contributed by atoms with Gasteiger partial charge in [-0.1, -0.05) is 17.7 Å². The quantitative estimate of drug-likeness (QED) is 0.784. The summed E-state index contributed by atoms with van der Waals surface area (Å²) in [6.07, 6.45) is 0. The van der Waals surface area contributed by atoms with Crippen LogP contribution in [-0.4, -0.2) is 19.6 Å². The Balaban J connectivity index is 1.89. The Labute approximate surface area is 149 Å². The largest absolute Gasteiger partial charge is 0.496 e. The van der Waals surface area contributed by atoms with Crippen molar-refractivity contribution in [3.8, 4) is 5.75 Å². The van der Waals surface area contributed by atoms with Crippen molar-refractivity contribution in [2.45, 2.75) is 13.0 Å². The zero-order valence-corrected chi connectivity index (χ0v) is 15.3. The first-order valence-corrected chi connectivity index (χ1v) is 8.39. The highest BCUT2D eigenvalue weighted by atomic mass is 79.9. The Morgan fingerprint density at radius 2 is 2.13 bits per heavy atom. The standard InChI is InChI=1S/C17H18BrClN2O2/c1-11(12-6-7-16(23-2)15(18)8-12)20-10-17(22)21-14-5-3-4-13(19)9-14/h3-9,11,20H,10H2,1-2H3,(H,21,22)/p+1/t11-/m0/s1. The number of hydrogen-bond donors (Lipinski definition) is 2. The second kappa shape index (κ2) is 8.34. The first-order chi connectivity index (χ1) is 11.0. The molecule has 0 aliphatic heterocycles. The van der Waals surface area contributed by atoms with Crippen LogP contribution in [0.5, 0.6) is 5.75 Å². The summed E-state index contributed by atoms with van der Waals surface area (Å²) in [6, 6.07) is 13.2. The number of benzene rings is 2. The van der Waals surface area contributed by atoms with Gasteiger partial charge < -0.3 is 15.4 Å². The van der Waals surface area contributed by atoms with Gasteiger partial charge in [0.2, 0.25) is 0 Å². The van der Waals surface area contributed by atoms with Crippen molar-refractivity contribution in [3.63, 3.8) is 0 Å².